The van der Waals surface area contributed by atoms with Crippen molar-refractivity contribution in [1.82, 2.24) is 0 Å². The summed E-state index contributed by atoms with van der Waals surface area (Å²) in [6, 6.07) is 68.4. The van der Waals surface area contributed by atoms with Crippen molar-refractivity contribution in [3.05, 3.63) is 211 Å². The van der Waals surface area contributed by atoms with Crippen molar-refractivity contribution in [3.8, 4) is 44.5 Å². The van der Waals surface area contributed by atoms with Gasteiger partial charge in [-0.25, -0.2) is 0 Å². The molecule has 1 nitrogen and oxygen atoms in total. The van der Waals surface area contributed by atoms with Crippen LogP contribution in [0.15, 0.2) is 199 Å². The lowest BCUT2D eigenvalue weighted by atomic mass is 9.83. The molecule has 0 spiro atoms. The predicted octanol–water partition coefficient (Wildman–Crippen LogP) is 14.9. The summed E-state index contributed by atoms with van der Waals surface area (Å²) in [7, 11) is 0. The van der Waals surface area contributed by atoms with Crippen molar-refractivity contribution in [2.75, 3.05) is 0 Å². The summed E-state index contributed by atoms with van der Waals surface area (Å²) in [5.41, 5.74) is 13.1. The molecule has 1 aliphatic carbocycles. The van der Waals surface area contributed by atoms with Crippen LogP contribution in [-0.4, -0.2) is 0 Å². The maximum Gasteiger partial charge on any atom is 0.142 e. The van der Waals surface area contributed by atoms with Gasteiger partial charge in [-0.3, -0.25) is 0 Å². The highest BCUT2D eigenvalue weighted by Gasteiger charge is 2.26. The predicted molar refractivity (Wildman–Crippen MR) is 232 cm³/mol. The molecule has 0 bridgehead atoms. The first-order valence-corrected chi connectivity index (χ1v) is 19.2. The largest absolute Gasteiger partial charge is 0.460 e. The monoisotopic (exact) mass is 700 g/mol. The van der Waals surface area contributed by atoms with Gasteiger partial charge in [0, 0.05) is 28.9 Å². The van der Waals surface area contributed by atoms with Crippen LogP contribution in [0.5, 0.6) is 0 Å². The van der Waals surface area contributed by atoms with Crippen LogP contribution in [-0.2, 0) is 6.42 Å². The summed E-state index contributed by atoms with van der Waals surface area (Å²) in [5.74, 6) is 1.29. The van der Waals surface area contributed by atoms with Crippen LogP contribution in [0.4, 0.5) is 0 Å². The van der Waals surface area contributed by atoms with Crippen molar-refractivity contribution < 1.29 is 4.42 Å². The van der Waals surface area contributed by atoms with Crippen molar-refractivity contribution in [3.63, 3.8) is 0 Å². The molecule has 0 saturated carbocycles. The highest BCUT2D eigenvalue weighted by molar-refractivity contribution is 6.22. The van der Waals surface area contributed by atoms with E-state index in [1.807, 2.05) is 0 Å². The van der Waals surface area contributed by atoms with E-state index in [2.05, 4.69) is 200 Å². The molecular formula is C54H36O. The molecule has 0 N–H and O–H groups in total. The average molecular weight is 701 g/mol. The van der Waals surface area contributed by atoms with Crippen LogP contribution in [0.3, 0.4) is 0 Å². The SMILES string of the molecule is C1=CC(c2cccc3ccccc23)Cc2oc3c(-c4ccccc4)cc(-c4c5ccccc5c(-c5ccc(-c6ccccc6)cc5)c5ccccc45)cc3c21. The number of allylic oxidation sites excluding steroid dienone is 1. The second kappa shape index (κ2) is 12.9. The Labute approximate surface area is 320 Å². The molecule has 1 aromatic heterocycles. The Morgan fingerprint density at radius 2 is 0.927 bits per heavy atom. The molecule has 1 atom stereocenters. The summed E-state index contributed by atoms with van der Waals surface area (Å²) in [6.07, 6.45) is 5.52. The van der Waals surface area contributed by atoms with E-state index < -0.39 is 0 Å². The van der Waals surface area contributed by atoms with Crippen LogP contribution in [0.25, 0.3) is 93.9 Å². The number of fused-ring (bicyclic) bond motifs is 6. The van der Waals surface area contributed by atoms with Gasteiger partial charge in [0.2, 0.25) is 0 Å². The van der Waals surface area contributed by atoms with Crippen LogP contribution in [0.1, 0.15) is 22.8 Å². The minimum atomic E-state index is 0.237. The topological polar surface area (TPSA) is 13.1 Å². The fourth-order valence-electron chi connectivity index (χ4n) is 9.06. The Morgan fingerprint density at radius 1 is 0.400 bits per heavy atom. The molecule has 1 unspecified atom stereocenters. The molecular weight excluding hydrogens is 665 g/mol. The first-order chi connectivity index (χ1) is 27.3. The standard InChI is InChI=1S/C54H36O/c1-3-14-35(15-4-1)36-26-28-39(29-27-36)52-45-21-9-11-23-47(45)53(48-24-12-10-22-46(48)52)41-32-49(38-16-5-2-6-17-38)54-50(33-41)44-31-30-40(34-51(44)55-54)43-25-13-19-37-18-7-8-20-42(37)43/h1-33,40H,34H2. The lowest BCUT2D eigenvalue weighted by molar-refractivity contribution is 0.534. The molecule has 11 rings (SSSR count). The van der Waals surface area contributed by atoms with Gasteiger partial charge in [-0.1, -0.05) is 188 Å². The molecule has 10 aromatic rings. The fourth-order valence-corrected chi connectivity index (χ4v) is 9.06. The molecule has 9 aromatic carbocycles. The molecule has 1 aliphatic rings. The summed E-state index contributed by atoms with van der Waals surface area (Å²) in [6.45, 7) is 0. The Kier molecular flexibility index (Phi) is 7.38. The van der Waals surface area contributed by atoms with Gasteiger partial charge in [0.1, 0.15) is 11.3 Å². The Morgan fingerprint density at radius 3 is 1.60 bits per heavy atom. The number of furan rings is 1. The van der Waals surface area contributed by atoms with E-state index in [0.717, 1.165) is 34.3 Å². The highest BCUT2D eigenvalue weighted by Crippen LogP contribution is 2.48. The zero-order valence-electron chi connectivity index (χ0n) is 30.2. The van der Waals surface area contributed by atoms with Crippen molar-refractivity contribution in [1.29, 1.82) is 0 Å². The van der Waals surface area contributed by atoms with Crippen LogP contribution in [0.2, 0.25) is 0 Å². The zero-order valence-corrected chi connectivity index (χ0v) is 30.2. The molecule has 0 radical (unpaired) electrons. The quantitative estimate of drug-likeness (QED) is 0.163. The van der Waals surface area contributed by atoms with E-state index in [1.165, 1.54) is 76.8 Å². The van der Waals surface area contributed by atoms with E-state index in [1.54, 1.807) is 0 Å². The van der Waals surface area contributed by atoms with Crippen molar-refractivity contribution in [2.24, 2.45) is 0 Å². The number of hydrogen-bond donors (Lipinski definition) is 0. The lowest BCUT2D eigenvalue weighted by Gasteiger charge is -2.19. The number of hydrogen-bond acceptors (Lipinski definition) is 1. The van der Waals surface area contributed by atoms with E-state index in [0.29, 0.717) is 0 Å². The minimum absolute atomic E-state index is 0.237. The van der Waals surface area contributed by atoms with Gasteiger partial charge in [-0.05, 0) is 89.0 Å². The second-order valence-electron chi connectivity index (χ2n) is 14.7. The van der Waals surface area contributed by atoms with Gasteiger partial charge < -0.3 is 4.42 Å². The zero-order chi connectivity index (χ0) is 36.3. The van der Waals surface area contributed by atoms with E-state index in [4.69, 9.17) is 4.42 Å². The minimum Gasteiger partial charge on any atom is -0.460 e. The van der Waals surface area contributed by atoms with Crippen LogP contribution < -0.4 is 0 Å². The van der Waals surface area contributed by atoms with E-state index in [9.17, 15) is 0 Å². The Hall–Kier alpha value is -6.96. The molecule has 0 saturated heterocycles. The maximum absolute atomic E-state index is 6.97. The van der Waals surface area contributed by atoms with Crippen molar-refractivity contribution >= 4 is 49.4 Å². The van der Waals surface area contributed by atoms with Gasteiger partial charge in [0.25, 0.3) is 0 Å². The first-order valence-electron chi connectivity index (χ1n) is 19.2. The fraction of sp³-hybridized carbons (Fsp3) is 0.0370. The Bertz CT molecular complexity index is 3030. The van der Waals surface area contributed by atoms with Gasteiger partial charge in [-0.15, -0.1) is 0 Å². The van der Waals surface area contributed by atoms with Crippen LogP contribution >= 0.6 is 0 Å². The summed E-state index contributed by atoms with van der Waals surface area (Å²) in [4.78, 5) is 0. The summed E-state index contributed by atoms with van der Waals surface area (Å²) >= 11 is 0. The molecule has 0 amide bonds. The average Bonchev–Trinajstić information content (AvgIpc) is 3.63. The number of rotatable bonds is 5. The summed E-state index contributed by atoms with van der Waals surface area (Å²) in [5, 5.41) is 8.72. The molecule has 1 heterocycles. The third kappa shape index (κ3) is 5.23. The van der Waals surface area contributed by atoms with E-state index in [-0.39, 0.29) is 5.92 Å². The molecule has 258 valence electrons. The molecule has 1 heteroatoms. The molecule has 0 aliphatic heterocycles. The van der Waals surface area contributed by atoms with Gasteiger partial charge in [0.15, 0.2) is 0 Å². The second-order valence-corrected chi connectivity index (χ2v) is 14.7. The maximum atomic E-state index is 6.97. The normalized spacial score (nSPS) is 13.9. The third-order valence-corrected chi connectivity index (χ3v) is 11.6. The van der Waals surface area contributed by atoms with Crippen LogP contribution in [0, 0.1) is 0 Å². The lowest BCUT2D eigenvalue weighted by Crippen LogP contribution is -2.04. The summed E-state index contributed by atoms with van der Waals surface area (Å²) < 4.78 is 6.97. The number of benzene rings is 9. The van der Waals surface area contributed by atoms with Gasteiger partial charge in [-0.2, -0.15) is 0 Å². The smallest absolute Gasteiger partial charge is 0.142 e. The highest BCUT2D eigenvalue weighted by atomic mass is 16.3. The first kappa shape index (κ1) is 31.6. The third-order valence-electron chi connectivity index (χ3n) is 11.6. The van der Waals surface area contributed by atoms with Crippen molar-refractivity contribution in [2.45, 2.75) is 12.3 Å². The van der Waals surface area contributed by atoms with Gasteiger partial charge in [0.05, 0.1) is 0 Å². The van der Waals surface area contributed by atoms with E-state index >= 15 is 0 Å². The molecule has 0 fully saturated rings. The molecule has 55 heavy (non-hydrogen) atoms. The Balaban J connectivity index is 1.12. The van der Waals surface area contributed by atoms with Gasteiger partial charge >= 0.3 is 0 Å².